The van der Waals surface area contributed by atoms with Crippen LogP contribution < -0.4 is 0 Å². The molecule has 10 heteroatoms. The zero-order valence-corrected chi connectivity index (χ0v) is 20.4. The normalized spacial score (nSPS) is 17.9. The molecule has 30 heavy (non-hydrogen) atoms. The van der Waals surface area contributed by atoms with Crippen molar-refractivity contribution in [3.8, 4) is 11.8 Å². The first-order valence-electron chi connectivity index (χ1n) is 9.83. The van der Waals surface area contributed by atoms with Crippen molar-refractivity contribution in [1.82, 2.24) is 27.3 Å². The molecule has 6 nitrogen and oxygen atoms in total. The number of hydrogen-bond donors (Lipinski definition) is 0. The van der Waals surface area contributed by atoms with Crippen LogP contribution in [0.3, 0.4) is 0 Å². The fraction of sp³-hybridized carbons (Fsp3) is 0.500. The van der Waals surface area contributed by atoms with Crippen molar-refractivity contribution in [1.29, 1.82) is 0 Å². The highest BCUT2D eigenvalue weighted by molar-refractivity contribution is 7.99. The molecule has 0 N–H and O–H groups in total. The number of aromatic nitrogens is 4. The molecular formula is C20H24N6S4. The van der Waals surface area contributed by atoms with Gasteiger partial charge < -0.3 is 9.80 Å². The van der Waals surface area contributed by atoms with E-state index in [0.717, 1.165) is 72.0 Å². The minimum absolute atomic E-state index is 0.722. The number of thioether (sulfide) groups is 2. The van der Waals surface area contributed by atoms with Gasteiger partial charge in [-0.2, -0.15) is 17.5 Å². The van der Waals surface area contributed by atoms with Gasteiger partial charge in [-0.25, -0.2) is 0 Å². The molecule has 0 aliphatic carbocycles. The van der Waals surface area contributed by atoms with E-state index in [9.17, 15) is 0 Å². The van der Waals surface area contributed by atoms with Gasteiger partial charge in [-0.1, -0.05) is 47.5 Å². The summed E-state index contributed by atoms with van der Waals surface area (Å²) in [5.74, 6) is 7.97. The van der Waals surface area contributed by atoms with Gasteiger partial charge in [0.25, 0.3) is 0 Å². The predicted octanol–water partition coefficient (Wildman–Crippen LogP) is 3.72. The van der Waals surface area contributed by atoms with E-state index in [0.29, 0.717) is 0 Å². The van der Waals surface area contributed by atoms with E-state index in [2.05, 4.69) is 65.4 Å². The molecule has 0 amide bonds. The lowest BCUT2D eigenvalue weighted by Crippen LogP contribution is -2.25. The van der Waals surface area contributed by atoms with E-state index >= 15 is 0 Å². The molecule has 0 saturated carbocycles. The van der Waals surface area contributed by atoms with Crippen molar-refractivity contribution >= 4 is 58.1 Å². The van der Waals surface area contributed by atoms with Gasteiger partial charge in [-0.15, -0.1) is 0 Å². The fourth-order valence-electron chi connectivity index (χ4n) is 3.38. The Kier molecular flexibility index (Phi) is 7.98. The van der Waals surface area contributed by atoms with Crippen LogP contribution in [0.4, 0.5) is 0 Å². The third-order valence-corrected chi connectivity index (χ3v) is 7.88. The topological polar surface area (TPSA) is 58.0 Å². The Morgan fingerprint density at radius 1 is 0.800 bits per heavy atom. The van der Waals surface area contributed by atoms with Crippen molar-refractivity contribution in [3.05, 3.63) is 23.5 Å². The molecule has 0 radical (unpaired) electrons. The lowest BCUT2D eigenvalue weighted by atomic mass is 10.1. The van der Waals surface area contributed by atoms with Gasteiger partial charge in [0.2, 0.25) is 0 Å². The highest BCUT2D eigenvalue weighted by Gasteiger charge is 2.18. The van der Waals surface area contributed by atoms with Gasteiger partial charge in [0, 0.05) is 26.2 Å². The first kappa shape index (κ1) is 22.0. The maximum atomic E-state index is 4.52. The third-order valence-electron chi connectivity index (χ3n) is 4.90. The second-order valence-electron chi connectivity index (χ2n) is 7.28. The van der Waals surface area contributed by atoms with Gasteiger partial charge in [0.15, 0.2) is 0 Å². The minimum atomic E-state index is 0.722. The summed E-state index contributed by atoms with van der Waals surface area (Å²) < 4.78 is 18.0. The predicted molar refractivity (Wildman–Crippen MR) is 129 cm³/mol. The molecule has 0 bridgehead atoms. The highest BCUT2D eigenvalue weighted by atomic mass is 32.2. The molecular weight excluding hydrogens is 453 g/mol. The van der Waals surface area contributed by atoms with Crippen LogP contribution in [0.1, 0.15) is 24.2 Å². The highest BCUT2D eigenvalue weighted by Crippen LogP contribution is 2.30. The zero-order valence-electron chi connectivity index (χ0n) is 17.1. The lowest BCUT2D eigenvalue weighted by Gasteiger charge is -2.22. The fourth-order valence-corrected chi connectivity index (χ4v) is 6.34. The maximum Gasteiger partial charge on any atom is 0.139 e. The van der Waals surface area contributed by atoms with Crippen LogP contribution in [0.25, 0.3) is 11.1 Å². The molecule has 158 valence electrons. The first-order chi connectivity index (χ1) is 14.7. The van der Waals surface area contributed by atoms with E-state index in [1.165, 1.54) is 34.6 Å². The Hall–Kier alpha value is -1.22. The monoisotopic (exact) mass is 476 g/mol. The standard InChI is InChI=1S/C20H24N6S4/c1-25-9-5-7-15(13-25)17-19(23-29-21-17)27-11-3-4-12-28-20-18(22-30-24-20)16-8-6-10-26(2)14-16/h7-8H,5-6,9-14H2,1-2H3. The van der Waals surface area contributed by atoms with E-state index < -0.39 is 0 Å². The van der Waals surface area contributed by atoms with Gasteiger partial charge in [-0.05, 0) is 38.1 Å². The third kappa shape index (κ3) is 5.72. The summed E-state index contributed by atoms with van der Waals surface area (Å²) in [7, 11) is 4.30. The Labute approximate surface area is 194 Å². The summed E-state index contributed by atoms with van der Waals surface area (Å²) in [6.07, 6.45) is 6.74. The van der Waals surface area contributed by atoms with Gasteiger partial charge in [0.05, 0.1) is 35.0 Å². The number of nitrogens with zero attached hydrogens (tertiary/aromatic N) is 6. The Morgan fingerprint density at radius 3 is 1.70 bits per heavy atom. The quantitative estimate of drug-likeness (QED) is 0.462. The van der Waals surface area contributed by atoms with Crippen molar-refractivity contribution in [3.63, 3.8) is 0 Å². The molecule has 2 aromatic rings. The van der Waals surface area contributed by atoms with Crippen molar-refractivity contribution in [2.24, 2.45) is 0 Å². The summed E-state index contributed by atoms with van der Waals surface area (Å²) >= 11 is 5.93. The Balaban J connectivity index is 1.28. The minimum Gasteiger partial charge on any atom is -0.302 e. The molecule has 2 aliphatic rings. The molecule has 0 aromatic carbocycles. The van der Waals surface area contributed by atoms with Crippen LogP contribution in [0, 0.1) is 11.8 Å². The lowest BCUT2D eigenvalue weighted by molar-refractivity contribution is 0.372. The summed E-state index contributed by atoms with van der Waals surface area (Å²) in [6.45, 7) is 4.10. The average molecular weight is 477 g/mol. The van der Waals surface area contributed by atoms with Crippen LogP contribution in [-0.4, -0.2) is 79.1 Å². The number of likely N-dealkylation sites (N-methyl/N-ethyl adjacent to an activating group) is 2. The SMILES string of the molecule is CN1CCC=C(c2nsnc2SCC#CCSc2nsnc2C2=CCCN(C)C2)C1. The Bertz CT molecular complexity index is 907. The first-order valence-corrected chi connectivity index (χ1v) is 13.3. The number of rotatable bonds is 6. The van der Waals surface area contributed by atoms with E-state index in [1.54, 1.807) is 23.5 Å². The molecule has 2 aromatic heterocycles. The molecule has 0 fully saturated rings. The van der Waals surface area contributed by atoms with Crippen LogP contribution in [0.5, 0.6) is 0 Å². The van der Waals surface area contributed by atoms with Gasteiger partial charge in [-0.3, -0.25) is 0 Å². The largest absolute Gasteiger partial charge is 0.302 e. The van der Waals surface area contributed by atoms with Crippen LogP contribution >= 0.6 is 47.0 Å². The molecule has 0 spiro atoms. The molecule has 2 aliphatic heterocycles. The molecule has 4 rings (SSSR count). The van der Waals surface area contributed by atoms with Crippen LogP contribution in [0.2, 0.25) is 0 Å². The Morgan fingerprint density at radius 2 is 1.27 bits per heavy atom. The van der Waals surface area contributed by atoms with Crippen molar-refractivity contribution < 1.29 is 0 Å². The molecule has 4 heterocycles. The molecule has 0 unspecified atom stereocenters. The smallest absolute Gasteiger partial charge is 0.139 e. The molecule has 0 saturated heterocycles. The summed E-state index contributed by atoms with van der Waals surface area (Å²) in [4.78, 5) is 4.65. The second kappa shape index (κ2) is 10.9. The second-order valence-corrected chi connectivity index (χ2v) is 10.3. The van der Waals surface area contributed by atoms with Crippen molar-refractivity contribution in [2.75, 3.05) is 51.8 Å². The van der Waals surface area contributed by atoms with E-state index in [1.807, 2.05) is 0 Å². The zero-order chi connectivity index (χ0) is 20.8. The average Bonchev–Trinajstić information content (AvgIpc) is 3.40. The van der Waals surface area contributed by atoms with E-state index in [-0.39, 0.29) is 0 Å². The van der Waals surface area contributed by atoms with Gasteiger partial charge in [0.1, 0.15) is 21.4 Å². The summed E-state index contributed by atoms with van der Waals surface area (Å²) in [5, 5.41) is 2.01. The number of hydrogen-bond acceptors (Lipinski definition) is 10. The molecule has 0 atom stereocenters. The summed E-state index contributed by atoms with van der Waals surface area (Å²) in [6, 6.07) is 0. The van der Waals surface area contributed by atoms with Crippen LogP contribution in [-0.2, 0) is 0 Å². The van der Waals surface area contributed by atoms with Crippen LogP contribution in [0.15, 0.2) is 22.2 Å². The van der Waals surface area contributed by atoms with E-state index in [4.69, 9.17) is 0 Å². The maximum absolute atomic E-state index is 4.52. The summed E-state index contributed by atoms with van der Waals surface area (Å²) in [5.41, 5.74) is 4.65. The van der Waals surface area contributed by atoms with Gasteiger partial charge >= 0.3 is 0 Å². The van der Waals surface area contributed by atoms with Crippen molar-refractivity contribution in [2.45, 2.75) is 22.9 Å².